The molecule has 0 unspecified atom stereocenters. The van der Waals surface area contributed by atoms with Gasteiger partial charge in [0, 0.05) is 0 Å². The van der Waals surface area contributed by atoms with Crippen molar-refractivity contribution in [2.24, 2.45) is 0 Å². The summed E-state index contributed by atoms with van der Waals surface area (Å²) >= 11 is 0. The second-order valence-electron chi connectivity index (χ2n) is 5.74. The number of hydrogen-bond donors (Lipinski definition) is 2. The molecule has 4 amide bonds. The zero-order valence-electron chi connectivity index (χ0n) is 13.8. The molecule has 1 aromatic carbocycles. The summed E-state index contributed by atoms with van der Waals surface area (Å²) in [6.07, 6.45) is 2.02. The van der Waals surface area contributed by atoms with Crippen LogP contribution in [0, 0.1) is 0 Å². The third-order valence-corrected chi connectivity index (χ3v) is 4.40. The Balaban J connectivity index is 2.02. The molecule has 0 radical (unpaired) electrons. The maximum absolute atomic E-state index is 12.4. The summed E-state index contributed by atoms with van der Waals surface area (Å²) in [6, 6.07) is 7.12. The van der Waals surface area contributed by atoms with Crippen molar-refractivity contribution in [3.8, 4) is 0 Å². The first kappa shape index (κ1) is 17.0. The molecule has 0 atom stereocenters. The molecule has 1 aliphatic rings. The maximum Gasteiger partial charge on any atom is 0.344 e. The average Bonchev–Trinajstić information content (AvgIpc) is 2.80. The largest absolute Gasteiger partial charge is 0.344 e. The van der Waals surface area contributed by atoms with E-state index in [1.165, 1.54) is 5.56 Å². The van der Waals surface area contributed by atoms with Gasteiger partial charge in [0.2, 0.25) is 5.91 Å². The zero-order chi connectivity index (χ0) is 17.0. The predicted molar refractivity (Wildman–Crippen MR) is 86.4 cm³/mol. The van der Waals surface area contributed by atoms with Crippen LogP contribution in [0.15, 0.2) is 24.3 Å². The molecular formula is C17H23N3O3. The molecule has 124 valence electrons. The van der Waals surface area contributed by atoms with Crippen molar-refractivity contribution in [3.63, 3.8) is 0 Å². The van der Waals surface area contributed by atoms with Crippen molar-refractivity contribution >= 4 is 17.8 Å². The number of amides is 4. The van der Waals surface area contributed by atoms with E-state index in [-0.39, 0.29) is 12.3 Å². The van der Waals surface area contributed by atoms with Crippen molar-refractivity contribution in [1.82, 2.24) is 15.8 Å². The lowest BCUT2D eigenvalue weighted by Gasteiger charge is -2.23. The highest BCUT2D eigenvalue weighted by molar-refractivity contribution is 6.07. The lowest BCUT2D eigenvalue weighted by Crippen LogP contribution is -2.49. The molecule has 1 fully saturated rings. The number of urea groups is 1. The molecule has 23 heavy (non-hydrogen) atoms. The first-order valence-electron chi connectivity index (χ1n) is 7.99. The normalized spacial score (nSPS) is 16.4. The van der Waals surface area contributed by atoms with Gasteiger partial charge in [0.05, 0.1) is 6.42 Å². The predicted octanol–water partition coefficient (Wildman–Crippen LogP) is 1.93. The summed E-state index contributed by atoms with van der Waals surface area (Å²) in [4.78, 5) is 36.5. The molecule has 6 nitrogen and oxygen atoms in total. The van der Waals surface area contributed by atoms with E-state index in [9.17, 15) is 14.4 Å². The van der Waals surface area contributed by atoms with Crippen LogP contribution in [-0.2, 0) is 22.4 Å². The van der Waals surface area contributed by atoms with Gasteiger partial charge >= 0.3 is 6.03 Å². The minimum Gasteiger partial charge on any atom is -0.322 e. The van der Waals surface area contributed by atoms with Crippen LogP contribution in [0.3, 0.4) is 0 Å². The Morgan fingerprint density at radius 2 is 1.65 bits per heavy atom. The van der Waals surface area contributed by atoms with E-state index in [0.29, 0.717) is 12.8 Å². The number of carbonyl (C=O) groups is 3. The van der Waals surface area contributed by atoms with Crippen LogP contribution in [0.5, 0.6) is 0 Å². The Kier molecular flexibility index (Phi) is 5.03. The molecule has 2 N–H and O–H groups in total. The summed E-state index contributed by atoms with van der Waals surface area (Å²) in [7, 11) is 0. The Labute approximate surface area is 136 Å². The molecular weight excluding hydrogens is 294 g/mol. The van der Waals surface area contributed by atoms with Gasteiger partial charge in [0.1, 0.15) is 5.54 Å². The highest BCUT2D eigenvalue weighted by Crippen LogP contribution is 2.23. The van der Waals surface area contributed by atoms with Gasteiger partial charge in [-0.25, -0.2) is 4.79 Å². The summed E-state index contributed by atoms with van der Waals surface area (Å²) in [5, 5.41) is 3.47. The first-order chi connectivity index (χ1) is 11.0. The SMILES string of the molecule is CCc1ccc(CC(=O)NN2C(=O)NC(CC)(CC)C2=O)cc1. The van der Waals surface area contributed by atoms with E-state index in [4.69, 9.17) is 0 Å². The van der Waals surface area contributed by atoms with Crippen LogP contribution in [0.25, 0.3) is 0 Å². The third-order valence-electron chi connectivity index (χ3n) is 4.40. The monoisotopic (exact) mass is 317 g/mol. The molecule has 1 heterocycles. The van der Waals surface area contributed by atoms with Gasteiger partial charge in [-0.1, -0.05) is 45.0 Å². The number of benzene rings is 1. The van der Waals surface area contributed by atoms with E-state index >= 15 is 0 Å². The fourth-order valence-corrected chi connectivity index (χ4v) is 2.69. The second kappa shape index (κ2) is 6.81. The Morgan fingerprint density at radius 1 is 1.09 bits per heavy atom. The number of aryl methyl sites for hydroxylation is 1. The topological polar surface area (TPSA) is 78.5 Å². The number of rotatable bonds is 6. The first-order valence-corrected chi connectivity index (χ1v) is 7.99. The molecule has 1 saturated heterocycles. The fourth-order valence-electron chi connectivity index (χ4n) is 2.69. The number of hydrazine groups is 1. The molecule has 0 aliphatic carbocycles. The highest BCUT2D eigenvalue weighted by Gasteiger charge is 2.49. The van der Waals surface area contributed by atoms with Gasteiger partial charge < -0.3 is 5.32 Å². The van der Waals surface area contributed by atoms with E-state index in [1.54, 1.807) is 0 Å². The molecule has 0 saturated carbocycles. The average molecular weight is 317 g/mol. The van der Waals surface area contributed by atoms with Gasteiger partial charge in [-0.05, 0) is 30.4 Å². The lowest BCUT2D eigenvalue weighted by molar-refractivity contribution is -0.139. The van der Waals surface area contributed by atoms with Gasteiger partial charge in [-0.2, -0.15) is 5.01 Å². The van der Waals surface area contributed by atoms with E-state index < -0.39 is 17.5 Å². The van der Waals surface area contributed by atoms with Gasteiger partial charge in [0.25, 0.3) is 5.91 Å². The van der Waals surface area contributed by atoms with Crippen molar-refractivity contribution in [3.05, 3.63) is 35.4 Å². The number of carbonyl (C=O) groups excluding carboxylic acids is 3. The van der Waals surface area contributed by atoms with Crippen LogP contribution in [0.1, 0.15) is 44.7 Å². The van der Waals surface area contributed by atoms with Crippen LogP contribution < -0.4 is 10.7 Å². The quantitative estimate of drug-likeness (QED) is 0.787. The van der Waals surface area contributed by atoms with E-state index in [1.807, 2.05) is 38.1 Å². The van der Waals surface area contributed by atoms with Crippen LogP contribution >= 0.6 is 0 Å². The summed E-state index contributed by atoms with van der Waals surface area (Å²) in [5.74, 6) is -0.789. The smallest absolute Gasteiger partial charge is 0.322 e. The van der Waals surface area contributed by atoms with Crippen molar-refractivity contribution in [1.29, 1.82) is 0 Å². The second-order valence-corrected chi connectivity index (χ2v) is 5.74. The number of imide groups is 1. The number of hydrogen-bond acceptors (Lipinski definition) is 3. The fraction of sp³-hybridized carbons (Fsp3) is 0.471. The molecule has 0 bridgehead atoms. The molecule has 0 spiro atoms. The minimum absolute atomic E-state index is 0.117. The van der Waals surface area contributed by atoms with E-state index in [2.05, 4.69) is 17.7 Å². The molecule has 2 rings (SSSR count). The van der Waals surface area contributed by atoms with Crippen LogP contribution in [0.2, 0.25) is 0 Å². The summed E-state index contributed by atoms with van der Waals surface area (Å²) in [5.41, 5.74) is 3.53. The van der Waals surface area contributed by atoms with Crippen molar-refractivity contribution < 1.29 is 14.4 Å². The Bertz CT molecular complexity index is 606. The van der Waals surface area contributed by atoms with Gasteiger partial charge in [-0.15, -0.1) is 0 Å². The van der Waals surface area contributed by atoms with Crippen LogP contribution in [-0.4, -0.2) is 28.4 Å². The minimum atomic E-state index is -0.910. The third kappa shape index (κ3) is 3.36. The zero-order valence-corrected chi connectivity index (χ0v) is 13.8. The summed E-state index contributed by atoms with van der Waals surface area (Å²) < 4.78 is 0. The van der Waals surface area contributed by atoms with Crippen LogP contribution in [0.4, 0.5) is 4.79 Å². The summed E-state index contributed by atoms with van der Waals surface area (Å²) in [6.45, 7) is 5.73. The number of nitrogens with one attached hydrogen (secondary N) is 2. The molecule has 1 aliphatic heterocycles. The van der Waals surface area contributed by atoms with E-state index in [0.717, 1.165) is 17.0 Å². The Morgan fingerprint density at radius 3 is 2.13 bits per heavy atom. The van der Waals surface area contributed by atoms with Crippen molar-refractivity contribution in [2.75, 3.05) is 0 Å². The van der Waals surface area contributed by atoms with Crippen molar-refractivity contribution in [2.45, 2.75) is 52.0 Å². The van der Waals surface area contributed by atoms with Gasteiger partial charge in [-0.3, -0.25) is 15.0 Å². The number of nitrogens with zero attached hydrogens (tertiary/aromatic N) is 1. The molecule has 1 aromatic rings. The molecule has 0 aromatic heterocycles. The van der Waals surface area contributed by atoms with Gasteiger partial charge in [0.15, 0.2) is 0 Å². The Hall–Kier alpha value is -2.37. The lowest BCUT2D eigenvalue weighted by atomic mass is 9.93. The standard InChI is InChI=1S/C17H23N3O3/c1-4-12-7-9-13(10-8-12)11-14(21)19-20-15(22)17(5-2,6-3)18-16(20)23/h7-10H,4-6,11H2,1-3H3,(H,18,23)(H,19,21). The maximum atomic E-state index is 12.4. The highest BCUT2D eigenvalue weighted by atomic mass is 16.2. The molecule has 6 heteroatoms.